The first kappa shape index (κ1) is 21.7. The Labute approximate surface area is 177 Å². The fraction of sp³-hybridized carbons (Fsp3) is 0.286. The van der Waals surface area contributed by atoms with Gasteiger partial charge in [-0.25, -0.2) is 18.1 Å². The Morgan fingerprint density at radius 2 is 1.43 bits per heavy atom. The summed E-state index contributed by atoms with van der Waals surface area (Å²) in [6.07, 6.45) is 1.77. The van der Waals surface area contributed by atoms with Gasteiger partial charge in [-0.15, -0.1) is 10.2 Å². The minimum atomic E-state index is -3.58. The highest BCUT2D eigenvalue weighted by Gasteiger charge is 2.19. The van der Waals surface area contributed by atoms with Crippen molar-refractivity contribution < 1.29 is 8.42 Å². The predicted molar refractivity (Wildman–Crippen MR) is 119 cm³/mol. The molecule has 0 radical (unpaired) electrons. The van der Waals surface area contributed by atoms with Gasteiger partial charge in [0.25, 0.3) is 0 Å². The molecule has 0 atom stereocenters. The van der Waals surface area contributed by atoms with E-state index in [1.807, 2.05) is 52.0 Å². The number of nitrogens with one attached hydrogen (secondary N) is 3. The first-order chi connectivity index (χ1) is 14.2. The Balaban J connectivity index is 1.52. The zero-order valence-electron chi connectivity index (χ0n) is 17.5. The molecule has 0 spiro atoms. The van der Waals surface area contributed by atoms with Crippen LogP contribution in [0.5, 0.6) is 0 Å². The second kappa shape index (κ2) is 9.19. The third-order valence-corrected chi connectivity index (χ3v) is 6.19. The molecule has 0 unspecified atom stereocenters. The third-order valence-electron chi connectivity index (χ3n) is 4.43. The van der Waals surface area contributed by atoms with Crippen LogP contribution < -0.4 is 15.4 Å². The van der Waals surface area contributed by atoms with Gasteiger partial charge in [0.2, 0.25) is 10.0 Å². The number of aryl methyl sites for hydroxylation is 4. The Hall–Kier alpha value is -3.04. The summed E-state index contributed by atoms with van der Waals surface area (Å²) in [7, 11) is -3.58. The third kappa shape index (κ3) is 5.52. The smallest absolute Gasteiger partial charge is 0.241 e. The lowest BCUT2D eigenvalue weighted by Crippen LogP contribution is -2.30. The molecule has 158 valence electrons. The van der Waals surface area contributed by atoms with Crippen molar-refractivity contribution >= 4 is 27.5 Å². The molecule has 2 aromatic heterocycles. The molecule has 0 saturated heterocycles. The highest BCUT2D eigenvalue weighted by Crippen LogP contribution is 2.21. The van der Waals surface area contributed by atoms with Gasteiger partial charge in [0.15, 0.2) is 5.82 Å². The lowest BCUT2D eigenvalue weighted by Gasteiger charge is -2.13. The van der Waals surface area contributed by atoms with Gasteiger partial charge < -0.3 is 10.6 Å². The van der Waals surface area contributed by atoms with Crippen LogP contribution in [0.25, 0.3) is 0 Å². The van der Waals surface area contributed by atoms with Crippen molar-refractivity contribution in [2.45, 2.75) is 32.6 Å². The molecule has 0 bridgehead atoms. The number of sulfonamides is 1. The molecule has 2 heterocycles. The quantitative estimate of drug-likeness (QED) is 0.475. The molecule has 0 amide bonds. The number of aromatic nitrogens is 3. The molecule has 3 rings (SSSR count). The number of benzene rings is 1. The van der Waals surface area contributed by atoms with Crippen molar-refractivity contribution in [3.05, 3.63) is 64.8 Å². The fourth-order valence-corrected chi connectivity index (χ4v) is 4.69. The van der Waals surface area contributed by atoms with Crippen LogP contribution >= 0.6 is 0 Å². The van der Waals surface area contributed by atoms with Crippen molar-refractivity contribution in [2.24, 2.45) is 0 Å². The van der Waals surface area contributed by atoms with Crippen molar-refractivity contribution in [3.8, 4) is 0 Å². The monoisotopic (exact) mass is 426 g/mol. The molecule has 0 fully saturated rings. The van der Waals surface area contributed by atoms with Crippen LogP contribution in [-0.4, -0.2) is 36.7 Å². The molecule has 0 aliphatic carbocycles. The zero-order chi connectivity index (χ0) is 21.7. The topological polar surface area (TPSA) is 109 Å². The maximum Gasteiger partial charge on any atom is 0.241 e. The van der Waals surface area contributed by atoms with E-state index >= 15 is 0 Å². The van der Waals surface area contributed by atoms with Crippen LogP contribution in [0.1, 0.15) is 22.3 Å². The van der Waals surface area contributed by atoms with Gasteiger partial charge in [-0.1, -0.05) is 23.8 Å². The van der Waals surface area contributed by atoms with E-state index in [1.165, 1.54) is 0 Å². The molecule has 3 aromatic rings. The lowest BCUT2D eigenvalue weighted by atomic mass is 10.1. The number of hydrogen-bond acceptors (Lipinski definition) is 7. The normalized spacial score (nSPS) is 11.3. The maximum absolute atomic E-state index is 12.7. The first-order valence-electron chi connectivity index (χ1n) is 9.59. The van der Waals surface area contributed by atoms with Gasteiger partial charge in [-0.2, -0.15) is 0 Å². The predicted octanol–water partition coefficient (Wildman–Crippen LogP) is 3.24. The van der Waals surface area contributed by atoms with Gasteiger partial charge in [-0.3, -0.25) is 0 Å². The van der Waals surface area contributed by atoms with E-state index in [1.54, 1.807) is 18.3 Å². The molecular weight excluding hydrogens is 400 g/mol. The number of anilines is 3. The van der Waals surface area contributed by atoms with Gasteiger partial charge in [0.1, 0.15) is 11.6 Å². The standard InChI is InChI=1S/C21H26N6O2S/c1-14-5-6-18(23-13-14)25-20-8-7-19(26-27-20)22-9-10-24-30(28,29)21-16(3)11-15(2)12-17(21)4/h5-8,11-13,24H,9-10H2,1-4H3,(H,22,26)(H,23,25,27). The molecule has 3 N–H and O–H groups in total. The van der Waals surface area contributed by atoms with Crippen LogP contribution in [0.2, 0.25) is 0 Å². The van der Waals surface area contributed by atoms with E-state index in [0.29, 0.717) is 28.9 Å². The number of nitrogens with zero attached hydrogens (tertiary/aromatic N) is 3. The minimum Gasteiger partial charge on any atom is -0.367 e. The second-order valence-electron chi connectivity index (χ2n) is 7.20. The Morgan fingerprint density at radius 1 is 0.800 bits per heavy atom. The number of hydrogen-bond donors (Lipinski definition) is 3. The summed E-state index contributed by atoms with van der Waals surface area (Å²) in [5.41, 5.74) is 3.60. The SMILES string of the molecule is Cc1ccc(Nc2ccc(NCCNS(=O)(=O)c3c(C)cc(C)cc3C)nn2)nc1. The lowest BCUT2D eigenvalue weighted by molar-refractivity contribution is 0.581. The van der Waals surface area contributed by atoms with Crippen LogP contribution in [0, 0.1) is 27.7 Å². The maximum atomic E-state index is 12.7. The van der Waals surface area contributed by atoms with Crippen LogP contribution in [0.3, 0.4) is 0 Å². The molecule has 0 saturated carbocycles. The van der Waals surface area contributed by atoms with Crippen molar-refractivity contribution in [1.29, 1.82) is 0 Å². The van der Waals surface area contributed by atoms with E-state index in [4.69, 9.17) is 0 Å². The molecule has 1 aromatic carbocycles. The summed E-state index contributed by atoms with van der Waals surface area (Å²) in [5.74, 6) is 1.81. The van der Waals surface area contributed by atoms with Crippen LogP contribution in [0.4, 0.5) is 17.5 Å². The van der Waals surface area contributed by atoms with Gasteiger partial charge in [0, 0.05) is 19.3 Å². The highest BCUT2D eigenvalue weighted by atomic mass is 32.2. The van der Waals surface area contributed by atoms with E-state index < -0.39 is 10.0 Å². The van der Waals surface area contributed by atoms with Gasteiger partial charge >= 0.3 is 0 Å². The number of pyridine rings is 1. The summed E-state index contributed by atoms with van der Waals surface area (Å²) in [5, 5.41) is 14.3. The van der Waals surface area contributed by atoms with Gasteiger partial charge in [0.05, 0.1) is 4.90 Å². The summed E-state index contributed by atoms with van der Waals surface area (Å²) in [4.78, 5) is 4.60. The highest BCUT2D eigenvalue weighted by molar-refractivity contribution is 7.89. The van der Waals surface area contributed by atoms with Crippen LogP contribution in [0.15, 0.2) is 47.5 Å². The minimum absolute atomic E-state index is 0.226. The molecule has 0 aliphatic rings. The van der Waals surface area contributed by atoms with Gasteiger partial charge in [-0.05, 0) is 62.6 Å². The van der Waals surface area contributed by atoms with Crippen LogP contribution in [-0.2, 0) is 10.0 Å². The Kier molecular flexibility index (Phi) is 6.63. The molecule has 30 heavy (non-hydrogen) atoms. The molecule has 8 nitrogen and oxygen atoms in total. The average molecular weight is 427 g/mol. The summed E-state index contributed by atoms with van der Waals surface area (Å²) in [6.45, 7) is 8.15. The van der Waals surface area contributed by atoms with Crippen molar-refractivity contribution in [3.63, 3.8) is 0 Å². The molecular formula is C21H26N6O2S. The van der Waals surface area contributed by atoms with E-state index in [-0.39, 0.29) is 6.54 Å². The fourth-order valence-electron chi connectivity index (χ4n) is 3.20. The Morgan fingerprint density at radius 3 is 2.03 bits per heavy atom. The summed E-state index contributed by atoms with van der Waals surface area (Å²) >= 11 is 0. The zero-order valence-corrected chi connectivity index (χ0v) is 18.3. The van der Waals surface area contributed by atoms with E-state index in [2.05, 4.69) is 30.5 Å². The van der Waals surface area contributed by atoms with Crippen molar-refractivity contribution in [1.82, 2.24) is 19.9 Å². The Bertz CT molecular complexity index is 1090. The average Bonchev–Trinajstić information content (AvgIpc) is 2.67. The molecule has 0 aliphatic heterocycles. The van der Waals surface area contributed by atoms with E-state index in [9.17, 15) is 8.42 Å². The summed E-state index contributed by atoms with van der Waals surface area (Å²) < 4.78 is 27.9. The largest absolute Gasteiger partial charge is 0.367 e. The molecule has 9 heteroatoms. The second-order valence-corrected chi connectivity index (χ2v) is 8.91. The first-order valence-corrected chi connectivity index (χ1v) is 11.1. The number of rotatable bonds is 8. The van der Waals surface area contributed by atoms with E-state index in [0.717, 1.165) is 22.3 Å². The van der Waals surface area contributed by atoms with Crippen molar-refractivity contribution in [2.75, 3.05) is 23.7 Å². The summed E-state index contributed by atoms with van der Waals surface area (Å²) in [6, 6.07) is 11.1.